The highest BCUT2D eigenvalue weighted by molar-refractivity contribution is 9.11. The summed E-state index contributed by atoms with van der Waals surface area (Å²) in [4.78, 5) is 0.285. The Morgan fingerprint density at radius 3 is 2.89 bits per heavy atom. The first-order chi connectivity index (χ1) is 4.20. The standard InChI is InChI=1S/C3H4BrN3O2/c4-3-2(8)1-7(9)6-5-3/h5,8H,1H2/p-1. The molecule has 0 fully saturated rings. The molecule has 1 aliphatic heterocycles. The maximum Gasteiger partial charge on any atom is 0.181 e. The van der Waals surface area contributed by atoms with Gasteiger partial charge in [0.15, 0.2) is 4.61 Å². The van der Waals surface area contributed by atoms with Gasteiger partial charge in [-0.15, -0.1) is 5.43 Å². The minimum absolute atomic E-state index is 0.215. The molecule has 1 rings (SSSR count). The van der Waals surface area contributed by atoms with E-state index in [9.17, 15) is 10.3 Å². The number of halogens is 1. The van der Waals surface area contributed by atoms with Gasteiger partial charge in [-0.3, -0.25) is 0 Å². The van der Waals surface area contributed by atoms with E-state index in [1.165, 1.54) is 0 Å². The lowest BCUT2D eigenvalue weighted by molar-refractivity contribution is -0.549. The highest BCUT2D eigenvalue weighted by atomic mass is 79.9. The fraction of sp³-hybridized carbons (Fsp3) is 0.333. The molecule has 0 aromatic heterocycles. The van der Waals surface area contributed by atoms with E-state index in [2.05, 4.69) is 26.6 Å². The highest BCUT2D eigenvalue weighted by Crippen LogP contribution is 2.06. The Morgan fingerprint density at radius 1 is 1.78 bits per heavy atom. The van der Waals surface area contributed by atoms with Crippen molar-refractivity contribution in [2.45, 2.75) is 0 Å². The van der Waals surface area contributed by atoms with Gasteiger partial charge in [0.1, 0.15) is 6.54 Å². The number of nitrogens with one attached hydrogen (secondary N) is 1. The Morgan fingerprint density at radius 2 is 2.44 bits per heavy atom. The first kappa shape index (κ1) is 6.34. The fourth-order valence-corrected chi connectivity index (χ4v) is 0.594. The summed E-state index contributed by atoms with van der Waals surface area (Å²) in [5, 5.41) is 24.0. The van der Waals surface area contributed by atoms with Crippen LogP contribution < -0.4 is 10.5 Å². The Bertz CT molecular complexity index is 187. The Balaban J connectivity index is 2.70. The molecule has 0 amide bonds. The topological polar surface area (TPSA) is 73.5 Å². The average molecular weight is 193 g/mol. The van der Waals surface area contributed by atoms with E-state index < -0.39 is 0 Å². The minimum Gasteiger partial charge on any atom is -0.869 e. The van der Waals surface area contributed by atoms with Crippen molar-refractivity contribution < 1.29 is 9.97 Å². The molecule has 0 spiro atoms. The van der Waals surface area contributed by atoms with Crippen LogP contribution in [0, 0.1) is 5.21 Å². The molecule has 0 unspecified atom stereocenters. The van der Waals surface area contributed by atoms with E-state index >= 15 is 0 Å². The second kappa shape index (κ2) is 2.22. The Hall–Kier alpha value is -0.780. The second-order valence-corrected chi connectivity index (χ2v) is 2.25. The van der Waals surface area contributed by atoms with E-state index in [0.717, 1.165) is 0 Å². The second-order valence-electron chi connectivity index (χ2n) is 1.46. The van der Waals surface area contributed by atoms with Crippen LogP contribution in [-0.2, 0) is 0 Å². The molecule has 0 atom stereocenters. The van der Waals surface area contributed by atoms with Crippen molar-refractivity contribution in [2.75, 3.05) is 6.54 Å². The van der Waals surface area contributed by atoms with Gasteiger partial charge < -0.3 is 10.3 Å². The van der Waals surface area contributed by atoms with E-state index in [1.807, 2.05) is 0 Å². The first-order valence-electron chi connectivity index (χ1n) is 2.17. The van der Waals surface area contributed by atoms with Gasteiger partial charge in [-0.2, -0.15) is 4.86 Å². The molecule has 6 heteroatoms. The molecule has 1 heterocycles. The van der Waals surface area contributed by atoms with Gasteiger partial charge in [0, 0.05) is 0 Å². The van der Waals surface area contributed by atoms with Crippen LogP contribution in [-0.4, -0.2) is 11.4 Å². The van der Waals surface area contributed by atoms with Crippen molar-refractivity contribution in [1.82, 2.24) is 5.43 Å². The predicted molar refractivity (Wildman–Crippen MR) is 30.0 cm³/mol. The van der Waals surface area contributed by atoms with Gasteiger partial charge in [0.25, 0.3) is 0 Å². The quantitative estimate of drug-likeness (QED) is 0.317. The van der Waals surface area contributed by atoms with Crippen LogP contribution in [0.3, 0.4) is 0 Å². The van der Waals surface area contributed by atoms with Crippen molar-refractivity contribution in [3.63, 3.8) is 0 Å². The largest absolute Gasteiger partial charge is 0.869 e. The van der Waals surface area contributed by atoms with Gasteiger partial charge in [0.05, 0.1) is 5.22 Å². The van der Waals surface area contributed by atoms with Crippen LogP contribution in [0.15, 0.2) is 15.6 Å². The molecule has 0 saturated heterocycles. The third-order valence-corrected chi connectivity index (χ3v) is 1.40. The minimum atomic E-state index is -0.292. The van der Waals surface area contributed by atoms with Gasteiger partial charge in [0.2, 0.25) is 0 Å². The lowest BCUT2D eigenvalue weighted by Crippen LogP contribution is -2.26. The van der Waals surface area contributed by atoms with Crippen LogP contribution in [0.1, 0.15) is 0 Å². The predicted octanol–water partition coefficient (Wildman–Crippen LogP) is -0.609. The van der Waals surface area contributed by atoms with Gasteiger partial charge in [-0.25, -0.2) is 0 Å². The fourth-order valence-electron chi connectivity index (χ4n) is 0.390. The smallest absolute Gasteiger partial charge is 0.181 e. The summed E-state index contributed by atoms with van der Waals surface area (Å²) in [7, 11) is 0. The van der Waals surface area contributed by atoms with E-state index in [4.69, 9.17) is 0 Å². The third-order valence-electron chi connectivity index (χ3n) is 0.783. The van der Waals surface area contributed by atoms with Crippen LogP contribution in [0.25, 0.3) is 0 Å². The van der Waals surface area contributed by atoms with Crippen LogP contribution in [0.4, 0.5) is 0 Å². The molecule has 1 N–H and O–H groups in total. The monoisotopic (exact) mass is 192 g/mol. The summed E-state index contributed by atoms with van der Waals surface area (Å²) >= 11 is 2.88. The third kappa shape index (κ3) is 1.32. The molecule has 5 nitrogen and oxygen atoms in total. The summed E-state index contributed by atoms with van der Waals surface area (Å²) in [6, 6.07) is 0. The zero-order chi connectivity index (χ0) is 6.85. The zero-order valence-corrected chi connectivity index (χ0v) is 5.88. The molecule has 1 aliphatic rings. The van der Waals surface area contributed by atoms with Gasteiger partial charge in [-0.1, -0.05) is 0 Å². The lowest BCUT2D eigenvalue weighted by atomic mass is 10.5. The molecule has 0 aliphatic carbocycles. The summed E-state index contributed by atoms with van der Waals surface area (Å²) in [5.74, 6) is -0.292. The van der Waals surface area contributed by atoms with Crippen LogP contribution in [0.2, 0.25) is 0 Å². The van der Waals surface area contributed by atoms with Gasteiger partial charge in [-0.05, 0) is 21.7 Å². The number of hydrogen-bond acceptors (Lipinski definition) is 4. The average Bonchev–Trinajstić information content (AvgIpc) is 1.80. The molecular weight excluding hydrogens is 190 g/mol. The van der Waals surface area contributed by atoms with Crippen molar-refractivity contribution in [3.8, 4) is 0 Å². The number of hydroxylamine groups is 1. The van der Waals surface area contributed by atoms with Crippen LogP contribution in [0.5, 0.6) is 0 Å². The molecule has 0 radical (unpaired) electrons. The zero-order valence-electron chi connectivity index (χ0n) is 4.30. The molecule has 0 aromatic rings. The molecule has 0 saturated carbocycles. The van der Waals surface area contributed by atoms with Crippen molar-refractivity contribution in [2.24, 2.45) is 5.22 Å². The van der Waals surface area contributed by atoms with Crippen molar-refractivity contribution in [3.05, 3.63) is 15.6 Å². The molecule has 50 valence electrons. The van der Waals surface area contributed by atoms with E-state index in [-0.39, 0.29) is 21.8 Å². The number of hydrogen-bond donors (Lipinski definition) is 1. The van der Waals surface area contributed by atoms with E-state index in [1.54, 1.807) is 0 Å². The molecular formula is C3H3BrN3O2-. The Labute approximate surface area is 59.4 Å². The van der Waals surface area contributed by atoms with Crippen molar-refractivity contribution >= 4 is 15.9 Å². The summed E-state index contributed by atoms with van der Waals surface area (Å²) in [5.41, 5.74) is 2.20. The SMILES string of the molecule is [O-]C1=C(Br)NN=[N+]([O-])C1. The summed E-state index contributed by atoms with van der Waals surface area (Å²) in [6.45, 7) is -0.215. The molecule has 0 aromatic carbocycles. The van der Waals surface area contributed by atoms with Crippen LogP contribution >= 0.6 is 15.9 Å². The summed E-state index contributed by atoms with van der Waals surface area (Å²) < 4.78 is 0.231. The molecule has 0 bridgehead atoms. The maximum absolute atomic E-state index is 10.6. The number of nitrogens with zero attached hydrogens (tertiary/aromatic N) is 2. The highest BCUT2D eigenvalue weighted by Gasteiger charge is 2.05. The lowest BCUT2D eigenvalue weighted by Gasteiger charge is -2.16. The normalized spacial score (nSPS) is 19.0. The first-order valence-corrected chi connectivity index (χ1v) is 2.96. The van der Waals surface area contributed by atoms with E-state index in [0.29, 0.717) is 0 Å². The Kier molecular flexibility index (Phi) is 1.56. The maximum atomic E-state index is 10.6. The van der Waals surface area contributed by atoms with Crippen molar-refractivity contribution in [1.29, 1.82) is 0 Å². The summed E-state index contributed by atoms with van der Waals surface area (Å²) in [6.07, 6.45) is 0. The number of rotatable bonds is 0. The van der Waals surface area contributed by atoms with Gasteiger partial charge >= 0.3 is 0 Å². The molecule has 9 heavy (non-hydrogen) atoms.